The second-order valence-corrected chi connectivity index (χ2v) is 17.3. The standard InChI is InChI=1S/C52H52ClNO4/c53-48-27-12-11-26-47(48)52(39-19-5-2-6-20-39,40-31-29-36(30-32-40)35-15-3-1-4-16-37-33-38(37)18-13-17-35)58-50(55)45-25-14-28-49(45)54-51(56)57-34-46-43-23-9-7-21-41(43)42-22-8-10-24-44(42)46/h2,5-13,17,19-24,26-27,29-32,35,37-38,45-46,49H,1,3-4,14-16,18,25,28,33-34H2,(H,54,56)/b17-13-/t35?,37?,38?,45-,49-,52?/m1/s1. The van der Waals surface area contributed by atoms with Gasteiger partial charge in [0.15, 0.2) is 5.60 Å². The molecule has 5 nitrogen and oxygen atoms in total. The van der Waals surface area contributed by atoms with Crippen molar-refractivity contribution in [3.63, 3.8) is 0 Å². The number of rotatable bonds is 9. The van der Waals surface area contributed by atoms with Crippen molar-refractivity contribution in [3.05, 3.63) is 178 Å². The van der Waals surface area contributed by atoms with Gasteiger partial charge in [0, 0.05) is 39.6 Å². The van der Waals surface area contributed by atoms with E-state index in [-0.39, 0.29) is 18.5 Å². The van der Waals surface area contributed by atoms with Gasteiger partial charge in [0.05, 0.1) is 5.92 Å². The van der Waals surface area contributed by atoms with Gasteiger partial charge in [-0.3, -0.25) is 4.79 Å². The number of carbonyl (C=O) groups excluding carboxylic acids is 2. The van der Waals surface area contributed by atoms with E-state index in [1.807, 2.05) is 78.9 Å². The summed E-state index contributed by atoms with van der Waals surface area (Å²) in [5, 5.41) is 3.58. The molecule has 0 aromatic heterocycles. The number of nitrogens with one attached hydrogen (secondary N) is 1. The predicted molar refractivity (Wildman–Crippen MR) is 231 cm³/mol. The van der Waals surface area contributed by atoms with Crippen LogP contribution in [-0.4, -0.2) is 24.7 Å². The molecular weight excluding hydrogens is 738 g/mol. The lowest BCUT2D eigenvalue weighted by Gasteiger charge is -2.37. The Kier molecular flexibility index (Phi) is 11.2. The third kappa shape index (κ3) is 7.74. The lowest BCUT2D eigenvalue weighted by Crippen LogP contribution is -2.44. The Labute approximate surface area is 347 Å². The van der Waals surface area contributed by atoms with Gasteiger partial charge in [-0.15, -0.1) is 0 Å². The molecule has 9 rings (SSSR count). The Hall–Kier alpha value is -5.13. The maximum atomic E-state index is 14.8. The maximum absolute atomic E-state index is 14.8. The van der Waals surface area contributed by atoms with Crippen molar-refractivity contribution >= 4 is 23.7 Å². The quantitative estimate of drug-likeness (QED) is 0.0917. The van der Waals surface area contributed by atoms with Crippen LogP contribution < -0.4 is 5.32 Å². The fourth-order valence-corrected chi connectivity index (χ4v) is 10.4. The van der Waals surface area contributed by atoms with Crippen LogP contribution in [0.4, 0.5) is 4.79 Å². The normalized spacial score (nSPS) is 24.2. The van der Waals surface area contributed by atoms with Crippen molar-refractivity contribution in [2.45, 2.75) is 87.7 Å². The Morgan fingerprint density at radius 3 is 2.10 bits per heavy atom. The molecule has 1 amide bonds. The van der Waals surface area contributed by atoms with Gasteiger partial charge in [-0.2, -0.15) is 0 Å². The molecule has 0 aliphatic heterocycles. The van der Waals surface area contributed by atoms with Crippen molar-refractivity contribution in [3.8, 4) is 11.1 Å². The van der Waals surface area contributed by atoms with E-state index >= 15 is 0 Å². The molecule has 0 radical (unpaired) electrons. The monoisotopic (exact) mass is 789 g/mol. The highest BCUT2D eigenvalue weighted by Gasteiger charge is 2.46. The molecule has 5 aromatic rings. The summed E-state index contributed by atoms with van der Waals surface area (Å²) in [6, 6.07) is 42.4. The molecule has 2 fully saturated rings. The van der Waals surface area contributed by atoms with E-state index in [0.717, 1.165) is 46.9 Å². The number of amides is 1. The lowest BCUT2D eigenvalue weighted by atomic mass is 9.79. The van der Waals surface area contributed by atoms with Gasteiger partial charge in [-0.05, 0) is 77.8 Å². The summed E-state index contributed by atoms with van der Waals surface area (Å²) in [6.07, 6.45) is 15.2. The molecule has 6 atom stereocenters. The first-order valence-electron chi connectivity index (χ1n) is 21.4. The van der Waals surface area contributed by atoms with Crippen molar-refractivity contribution in [1.82, 2.24) is 5.32 Å². The van der Waals surface area contributed by atoms with Crippen molar-refractivity contribution < 1.29 is 19.1 Å². The summed E-state index contributed by atoms with van der Waals surface area (Å²) in [7, 11) is 0. The Bertz CT molecular complexity index is 2220. The van der Waals surface area contributed by atoms with E-state index in [0.29, 0.717) is 29.3 Å². The largest absolute Gasteiger partial charge is 0.449 e. The zero-order valence-electron chi connectivity index (χ0n) is 33.0. The van der Waals surface area contributed by atoms with Crippen molar-refractivity contribution in [1.29, 1.82) is 0 Å². The lowest BCUT2D eigenvalue weighted by molar-refractivity contribution is -0.159. The number of hydrogen-bond acceptors (Lipinski definition) is 4. The number of allylic oxidation sites excluding steroid dienone is 2. The summed E-state index contributed by atoms with van der Waals surface area (Å²) < 4.78 is 12.9. The van der Waals surface area contributed by atoms with Crippen molar-refractivity contribution in [2.75, 3.05) is 6.61 Å². The minimum Gasteiger partial charge on any atom is -0.449 e. The Morgan fingerprint density at radius 1 is 0.672 bits per heavy atom. The highest BCUT2D eigenvalue weighted by Crippen LogP contribution is 2.48. The molecule has 4 unspecified atom stereocenters. The zero-order valence-corrected chi connectivity index (χ0v) is 33.8. The van der Waals surface area contributed by atoms with E-state index in [9.17, 15) is 9.59 Å². The molecule has 1 N–H and O–H groups in total. The second-order valence-electron chi connectivity index (χ2n) is 16.8. The van der Waals surface area contributed by atoms with Gasteiger partial charge < -0.3 is 14.8 Å². The maximum Gasteiger partial charge on any atom is 0.407 e. The predicted octanol–water partition coefficient (Wildman–Crippen LogP) is 12.5. The van der Waals surface area contributed by atoms with Crippen LogP contribution in [0.15, 0.2) is 140 Å². The minimum absolute atomic E-state index is 0.0526. The van der Waals surface area contributed by atoms with Gasteiger partial charge in [-0.25, -0.2) is 4.79 Å². The van der Waals surface area contributed by atoms with Crippen LogP contribution in [0.1, 0.15) is 109 Å². The van der Waals surface area contributed by atoms with Gasteiger partial charge >= 0.3 is 12.1 Å². The number of ether oxygens (including phenoxy) is 2. The molecule has 4 aliphatic carbocycles. The van der Waals surface area contributed by atoms with Gasteiger partial charge in [0.2, 0.25) is 0 Å². The molecule has 0 bridgehead atoms. The van der Waals surface area contributed by atoms with Crippen LogP contribution in [0.5, 0.6) is 0 Å². The van der Waals surface area contributed by atoms with E-state index in [1.54, 1.807) is 0 Å². The first-order valence-corrected chi connectivity index (χ1v) is 21.8. The number of halogens is 1. The van der Waals surface area contributed by atoms with E-state index in [1.165, 1.54) is 55.2 Å². The summed E-state index contributed by atoms with van der Waals surface area (Å²) >= 11 is 7.07. The van der Waals surface area contributed by atoms with E-state index < -0.39 is 23.7 Å². The van der Waals surface area contributed by atoms with Crippen LogP contribution in [0.25, 0.3) is 11.1 Å². The van der Waals surface area contributed by atoms with Crippen LogP contribution >= 0.6 is 11.6 Å². The molecule has 0 saturated heterocycles. The average molecular weight is 790 g/mol. The summed E-state index contributed by atoms with van der Waals surface area (Å²) in [5.74, 6) is 1.14. The Morgan fingerprint density at radius 2 is 1.34 bits per heavy atom. The highest BCUT2D eigenvalue weighted by atomic mass is 35.5. The molecule has 4 aliphatic rings. The fraction of sp³-hybridized carbons (Fsp3) is 0.346. The highest BCUT2D eigenvalue weighted by molar-refractivity contribution is 6.31. The topological polar surface area (TPSA) is 64.6 Å². The molecule has 296 valence electrons. The van der Waals surface area contributed by atoms with Crippen LogP contribution in [0.3, 0.4) is 0 Å². The average Bonchev–Trinajstić information content (AvgIpc) is 3.71. The smallest absolute Gasteiger partial charge is 0.407 e. The molecule has 2 saturated carbocycles. The molecule has 6 heteroatoms. The SMILES string of the molecule is O=C(N[C@@H]1CCC[C@H]1C(=O)OC(c1ccccc1)(c1ccc(C2/C=C\CC3CC3CCCCC2)cc1)c1ccccc1Cl)OCC1c2ccccc2-c2ccccc21. The number of hydrogen-bond donors (Lipinski definition) is 1. The molecular formula is C52H52ClNO4. The Balaban J connectivity index is 0.975. The summed E-state index contributed by atoms with van der Waals surface area (Å²) in [4.78, 5) is 28.3. The third-order valence-corrected chi connectivity index (χ3v) is 13.7. The van der Waals surface area contributed by atoms with Gasteiger partial charge in [0.1, 0.15) is 6.61 Å². The molecule has 58 heavy (non-hydrogen) atoms. The number of alkyl carbamates (subject to hydrolysis) is 1. The summed E-state index contributed by atoms with van der Waals surface area (Å²) in [5.41, 5.74) is 6.91. The van der Waals surface area contributed by atoms with Crippen LogP contribution in [0.2, 0.25) is 5.02 Å². The van der Waals surface area contributed by atoms with Crippen LogP contribution in [0, 0.1) is 17.8 Å². The number of fused-ring (bicyclic) bond motifs is 4. The first kappa shape index (κ1) is 38.4. The zero-order chi connectivity index (χ0) is 39.5. The van der Waals surface area contributed by atoms with E-state index in [4.69, 9.17) is 21.1 Å². The third-order valence-electron chi connectivity index (χ3n) is 13.4. The fourth-order valence-electron chi connectivity index (χ4n) is 10.2. The number of benzene rings is 5. The van der Waals surface area contributed by atoms with Crippen molar-refractivity contribution in [2.24, 2.45) is 17.8 Å². The van der Waals surface area contributed by atoms with E-state index in [2.05, 4.69) is 66.0 Å². The molecule has 0 heterocycles. The first-order chi connectivity index (χ1) is 28.5. The molecule has 0 spiro atoms. The molecule has 5 aromatic carbocycles. The number of esters is 1. The summed E-state index contributed by atoms with van der Waals surface area (Å²) in [6.45, 7) is 0.207. The van der Waals surface area contributed by atoms with Gasteiger partial charge in [0.25, 0.3) is 0 Å². The van der Waals surface area contributed by atoms with Crippen LogP contribution in [-0.2, 0) is 19.9 Å². The number of carbonyl (C=O) groups is 2. The van der Waals surface area contributed by atoms with Gasteiger partial charge in [-0.1, -0.05) is 177 Å². The second kappa shape index (κ2) is 17.0. The minimum atomic E-state index is -1.34.